The minimum absolute atomic E-state index is 0.0914. The summed E-state index contributed by atoms with van der Waals surface area (Å²) in [5.41, 5.74) is 3.10. The van der Waals surface area contributed by atoms with E-state index in [-0.39, 0.29) is 12.1 Å². The highest BCUT2D eigenvalue weighted by Gasteiger charge is 2.24. The van der Waals surface area contributed by atoms with E-state index < -0.39 is 23.8 Å². The number of amides is 1. The van der Waals surface area contributed by atoms with Crippen LogP contribution in [0.5, 0.6) is 0 Å². The molecular weight excluding hydrogens is 478 g/mol. The lowest BCUT2D eigenvalue weighted by molar-refractivity contribution is 0.0142. The normalized spacial score (nSPS) is 12.1. The van der Waals surface area contributed by atoms with E-state index in [0.717, 1.165) is 23.1 Å². The van der Waals surface area contributed by atoms with Crippen LogP contribution in [-0.2, 0) is 11.2 Å². The highest BCUT2D eigenvalue weighted by Crippen LogP contribution is 2.23. The van der Waals surface area contributed by atoms with Crippen LogP contribution in [0.4, 0.5) is 4.79 Å². The second-order valence-corrected chi connectivity index (χ2v) is 10.1. The number of nitrogens with zero attached hydrogens (tertiary/aromatic N) is 1. The third-order valence-electron chi connectivity index (χ3n) is 5.57. The van der Waals surface area contributed by atoms with Gasteiger partial charge in [-0.2, -0.15) is 0 Å². The number of carbonyl (C=O) groups is 2. The van der Waals surface area contributed by atoms with Crippen molar-refractivity contribution < 1.29 is 24.5 Å². The van der Waals surface area contributed by atoms with Crippen molar-refractivity contribution in [2.45, 2.75) is 45.3 Å². The lowest BCUT2D eigenvalue weighted by Gasteiger charge is -2.29. The standard InChI is InChI=1S/C29H32ClNO5/c1-29(2,3)36-28(35)31(19-26(32)23-9-5-11-25(30)18-23)16-6-7-20-12-14-21(15-13-20)22-8-4-10-24(17-22)27(33)34/h4-5,8-15,17-18,26,32H,6-7,16,19H2,1-3H3,(H,33,34)/t26-/m0/s1. The Hall–Kier alpha value is -3.35. The third-order valence-corrected chi connectivity index (χ3v) is 5.80. The van der Waals surface area contributed by atoms with E-state index in [0.29, 0.717) is 23.6 Å². The number of carbonyl (C=O) groups excluding carboxylic acids is 1. The summed E-state index contributed by atoms with van der Waals surface area (Å²) in [6.07, 6.45) is 0.0338. The van der Waals surface area contributed by atoms with Crippen LogP contribution < -0.4 is 0 Å². The molecule has 3 rings (SSSR count). The van der Waals surface area contributed by atoms with Crippen molar-refractivity contribution in [1.82, 2.24) is 4.90 Å². The molecule has 36 heavy (non-hydrogen) atoms. The molecule has 0 heterocycles. The molecule has 2 N–H and O–H groups in total. The van der Waals surface area contributed by atoms with Gasteiger partial charge in [0.2, 0.25) is 0 Å². The fraction of sp³-hybridized carbons (Fsp3) is 0.310. The Morgan fingerprint density at radius 2 is 1.67 bits per heavy atom. The van der Waals surface area contributed by atoms with Gasteiger partial charge in [0.15, 0.2) is 0 Å². The molecule has 0 saturated carbocycles. The van der Waals surface area contributed by atoms with Crippen LogP contribution in [0.3, 0.4) is 0 Å². The fourth-order valence-electron chi connectivity index (χ4n) is 3.78. The number of ether oxygens (including phenoxy) is 1. The molecule has 1 amide bonds. The molecule has 0 unspecified atom stereocenters. The molecule has 6 nitrogen and oxygen atoms in total. The molecule has 0 bridgehead atoms. The molecule has 0 saturated heterocycles. The van der Waals surface area contributed by atoms with Gasteiger partial charge in [-0.1, -0.05) is 60.1 Å². The first-order valence-electron chi connectivity index (χ1n) is 11.9. The number of benzene rings is 3. The van der Waals surface area contributed by atoms with Crippen molar-refractivity contribution in [2.24, 2.45) is 0 Å². The second kappa shape index (κ2) is 12.1. The van der Waals surface area contributed by atoms with Gasteiger partial charge in [-0.15, -0.1) is 0 Å². The fourth-order valence-corrected chi connectivity index (χ4v) is 3.98. The molecule has 0 aliphatic rings. The molecule has 0 radical (unpaired) electrons. The van der Waals surface area contributed by atoms with E-state index in [4.69, 9.17) is 16.3 Å². The predicted octanol–water partition coefficient (Wildman–Crippen LogP) is 6.61. The third kappa shape index (κ3) is 8.11. The van der Waals surface area contributed by atoms with Crippen molar-refractivity contribution in [1.29, 1.82) is 0 Å². The van der Waals surface area contributed by atoms with Crippen molar-refractivity contribution in [3.8, 4) is 11.1 Å². The average molecular weight is 510 g/mol. The summed E-state index contributed by atoms with van der Waals surface area (Å²) >= 11 is 6.06. The monoisotopic (exact) mass is 509 g/mol. The number of hydrogen-bond donors (Lipinski definition) is 2. The van der Waals surface area contributed by atoms with E-state index in [2.05, 4.69) is 0 Å². The quantitative estimate of drug-likeness (QED) is 0.339. The summed E-state index contributed by atoms with van der Waals surface area (Å²) in [6, 6.07) is 21.7. The number of carboxylic acids is 1. The molecule has 1 atom stereocenters. The van der Waals surface area contributed by atoms with Crippen LogP contribution in [0, 0.1) is 0 Å². The van der Waals surface area contributed by atoms with Crippen molar-refractivity contribution in [2.75, 3.05) is 13.1 Å². The van der Waals surface area contributed by atoms with Crippen molar-refractivity contribution in [3.05, 3.63) is 94.5 Å². The van der Waals surface area contributed by atoms with Crippen LogP contribution in [0.1, 0.15) is 54.8 Å². The molecule has 0 aliphatic heterocycles. The number of aliphatic hydroxyl groups excluding tert-OH is 1. The van der Waals surface area contributed by atoms with Crippen LogP contribution in [0.25, 0.3) is 11.1 Å². The van der Waals surface area contributed by atoms with Gasteiger partial charge < -0.3 is 19.8 Å². The number of carboxylic acid groups (broad SMARTS) is 1. The summed E-state index contributed by atoms with van der Waals surface area (Å²) < 4.78 is 5.56. The number of aromatic carboxylic acids is 1. The van der Waals surface area contributed by atoms with Gasteiger partial charge in [-0.3, -0.25) is 0 Å². The van der Waals surface area contributed by atoms with Gasteiger partial charge in [0.1, 0.15) is 5.60 Å². The smallest absolute Gasteiger partial charge is 0.410 e. The first-order valence-corrected chi connectivity index (χ1v) is 12.2. The van der Waals surface area contributed by atoms with Gasteiger partial charge in [-0.25, -0.2) is 9.59 Å². The minimum atomic E-state index is -0.955. The van der Waals surface area contributed by atoms with Gasteiger partial charge in [0.05, 0.1) is 18.2 Å². The first kappa shape index (κ1) is 27.2. The van der Waals surface area contributed by atoms with Crippen LogP contribution in [0.2, 0.25) is 5.02 Å². The zero-order chi connectivity index (χ0) is 26.3. The lowest BCUT2D eigenvalue weighted by atomic mass is 10.0. The number of aliphatic hydroxyl groups is 1. The lowest BCUT2D eigenvalue weighted by Crippen LogP contribution is -2.40. The topological polar surface area (TPSA) is 87.1 Å². The summed E-state index contributed by atoms with van der Waals surface area (Å²) in [7, 11) is 0. The predicted molar refractivity (Wildman–Crippen MR) is 141 cm³/mol. The summed E-state index contributed by atoms with van der Waals surface area (Å²) in [5, 5.41) is 20.5. The van der Waals surface area contributed by atoms with Gasteiger partial charge in [0, 0.05) is 11.6 Å². The maximum atomic E-state index is 12.8. The molecule has 0 spiro atoms. The van der Waals surface area contributed by atoms with E-state index in [9.17, 15) is 19.8 Å². The van der Waals surface area contributed by atoms with Crippen molar-refractivity contribution >= 4 is 23.7 Å². The van der Waals surface area contributed by atoms with E-state index in [1.54, 1.807) is 42.5 Å². The average Bonchev–Trinajstić information content (AvgIpc) is 2.82. The second-order valence-electron chi connectivity index (χ2n) is 9.68. The minimum Gasteiger partial charge on any atom is -0.478 e. The van der Waals surface area contributed by atoms with E-state index in [1.807, 2.05) is 51.1 Å². The largest absolute Gasteiger partial charge is 0.478 e. The summed E-state index contributed by atoms with van der Waals surface area (Å²) in [5.74, 6) is -0.955. The maximum absolute atomic E-state index is 12.8. The van der Waals surface area contributed by atoms with Crippen LogP contribution in [0.15, 0.2) is 72.8 Å². The molecule has 3 aromatic carbocycles. The number of hydrogen-bond acceptors (Lipinski definition) is 4. The molecule has 0 aromatic heterocycles. The zero-order valence-electron chi connectivity index (χ0n) is 20.8. The van der Waals surface area contributed by atoms with Gasteiger partial charge >= 0.3 is 12.1 Å². The van der Waals surface area contributed by atoms with Gasteiger partial charge in [0.25, 0.3) is 0 Å². The zero-order valence-corrected chi connectivity index (χ0v) is 21.5. The Labute approximate surface area is 217 Å². The Balaban J connectivity index is 1.64. The summed E-state index contributed by atoms with van der Waals surface area (Å²) in [4.78, 5) is 25.6. The highest BCUT2D eigenvalue weighted by atomic mass is 35.5. The van der Waals surface area contributed by atoms with Crippen molar-refractivity contribution in [3.63, 3.8) is 0 Å². The molecular formula is C29H32ClNO5. The Kier molecular flexibility index (Phi) is 9.13. The van der Waals surface area contributed by atoms with E-state index in [1.165, 1.54) is 4.90 Å². The number of rotatable bonds is 9. The molecule has 0 fully saturated rings. The van der Waals surface area contributed by atoms with Crippen LogP contribution in [-0.4, -0.2) is 45.9 Å². The summed E-state index contributed by atoms with van der Waals surface area (Å²) in [6.45, 7) is 5.93. The highest BCUT2D eigenvalue weighted by molar-refractivity contribution is 6.30. The Morgan fingerprint density at radius 1 is 0.972 bits per heavy atom. The maximum Gasteiger partial charge on any atom is 0.410 e. The van der Waals surface area contributed by atoms with Crippen LogP contribution >= 0.6 is 11.6 Å². The molecule has 7 heteroatoms. The number of halogens is 1. The Morgan fingerprint density at radius 3 is 2.31 bits per heavy atom. The molecule has 190 valence electrons. The van der Waals surface area contributed by atoms with E-state index >= 15 is 0 Å². The SMILES string of the molecule is CC(C)(C)OC(=O)N(CCCc1ccc(-c2cccc(C(=O)O)c2)cc1)C[C@H](O)c1cccc(Cl)c1. The number of aryl methyl sites for hydroxylation is 1. The molecule has 0 aliphatic carbocycles. The van der Waals surface area contributed by atoms with Gasteiger partial charge in [-0.05, 0) is 80.1 Å². The Bertz CT molecular complexity index is 1190. The first-order chi connectivity index (χ1) is 17.0. The molecule has 3 aromatic rings.